The Balaban J connectivity index is 0.00000256. The van der Waals surface area contributed by atoms with Crippen LogP contribution in [0.1, 0.15) is 23.4 Å². The smallest absolute Gasteiger partial charge is 0.285 e. The Hall–Kier alpha value is -2.71. The maximum Gasteiger partial charge on any atom is 0.285 e. The topological polar surface area (TPSA) is 68.9 Å². The van der Waals surface area contributed by atoms with E-state index in [0.29, 0.717) is 11.4 Å². The predicted molar refractivity (Wildman–Crippen MR) is 159 cm³/mol. The van der Waals surface area contributed by atoms with Crippen LogP contribution in [0.4, 0.5) is 5.69 Å². The number of nitrogens with one attached hydrogen (secondary N) is 1. The normalized spacial score (nSPS) is 23.4. The van der Waals surface area contributed by atoms with Gasteiger partial charge in [0.2, 0.25) is 5.52 Å². The SMILES string of the molecule is O=S1(=O)N=C(NN2C3CC[n+]4c(sc5ccccc54)C3=CC3=C4Sc5ccccc5N4CCC32)c2ccccc21.[I-]. The van der Waals surface area contributed by atoms with Crippen LogP contribution in [0.3, 0.4) is 0 Å². The Labute approximate surface area is 263 Å². The molecule has 0 bridgehead atoms. The molecule has 6 heterocycles. The van der Waals surface area contributed by atoms with E-state index in [1.54, 1.807) is 12.1 Å². The van der Waals surface area contributed by atoms with Crippen molar-refractivity contribution < 1.29 is 37.0 Å². The fourth-order valence-corrected chi connectivity index (χ4v) is 10.5. The zero-order valence-electron chi connectivity index (χ0n) is 21.7. The Morgan fingerprint density at radius 2 is 1.76 bits per heavy atom. The minimum Gasteiger partial charge on any atom is -1.00 e. The van der Waals surface area contributed by atoms with Crippen LogP contribution < -0.4 is 38.9 Å². The Bertz CT molecular complexity index is 1980. The minimum atomic E-state index is -3.72. The summed E-state index contributed by atoms with van der Waals surface area (Å²) in [6, 6.07) is 24.6. The fraction of sp³-hybridized carbons (Fsp3) is 0.200. The number of thioether (sulfide) groups is 1. The van der Waals surface area contributed by atoms with Gasteiger partial charge in [-0.1, -0.05) is 59.5 Å². The van der Waals surface area contributed by atoms with E-state index in [-0.39, 0.29) is 41.0 Å². The zero-order valence-corrected chi connectivity index (χ0v) is 26.3. The molecule has 0 saturated carbocycles. The number of hydrazine groups is 1. The van der Waals surface area contributed by atoms with Crippen LogP contribution in [0.25, 0.3) is 15.8 Å². The molecule has 0 spiro atoms. The number of hydrogen-bond donors (Lipinski definition) is 1. The van der Waals surface area contributed by atoms with Gasteiger partial charge in [0.15, 0.2) is 12.4 Å². The molecule has 7 nitrogen and oxygen atoms in total. The van der Waals surface area contributed by atoms with Gasteiger partial charge in [0.1, 0.15) is 9.60 Å². The van der Waals surface area contributed by atoms with Crippen molar-refractivity contribution in [3.05, 3.63) is 100 Å². The first-order valence-electron chi connectivity index (χ1n) is 13.5. The van der Waals surface area contributed by atoms with Crippen LogP contribution in [-0.4, -0.2) is 37.9 Å². The lowest BCUT2D eigenvalue weighted by Crippen LogP contribution is -3.00. The number of anilines is 1. The van der Waals surface area contributed by atoms with Gasteiger partial charge >= 0.3 is 0 Å². The molecule has 4 aromatic rings. The van der Waals surface area contributed by atoms with Crippen molar-refractivity contribution in [2.24, 2.45) is 4.40 Å². The van der Waals surface area contributed by atoms with Crippen LogP contribution in [-0.2, 0) is 16.6 Å². The molecule has 206 valence electrons. The zero-order chi connectivity index (χ0) is 26.6. The lowest BCUT2D eigenvalue weighted by molar-refractivity contribution is -0.673. The van der Waals surface area contributed by atoms with Gasteiger partial charge in [0, 0.05) is 35.1 Å². The third kappa shape index (κ3) is 3.75. The molecular weight excluding hydrogens is 685 g/mol. The molecule has 5 aliphatic rings. The van der Waals surface area contributed by atoms with Gasteiger partial charge in [-0.15, -0.1) is 4.40 Å². The van der Waals surface area contributed by atoms with E-state index < -0.39 is 10.0 Å². The number of thiazole rings is 1. The summed E-state index contributed by atoms with van der Waals surface area (Å²) >= 11 is 3.68. The van der Waals surface area contributed by atoms with Crippen LogP contribution in [0.5, 0.6) is 0 Å². The third-order valence-electron chi connectivity index (χ3n) is 8.53. The summed E-state index contributed by atoms with van der Waals surface area (Å²) in [5.74, 6) is 0.417. The molecule has 1 N–H and O–H groups in total. The largest absolute Gasteiger partial charge is 1.00 e. The van der Waals surface area contributed by atoms with Gasteiger partial charge < -0.3 is 34.3 Å². The number of aryl methyl sites for hydroxylation is 1. The van der Waals surface area contributed by atoms with Crippen molar-refractivity contribution in [3.8, 4) is 0 Å². The highest BCUT2D eigenvalue weighted by Crippen LogP contribution is 2.52. The molecule has 1 aromatic heterocycles. The molecule has 41 heavy (non-hydrogen) atoms. The van der Waals surface area contributed by atoms with Gasteiger partial charge in [-0.3, -0.25) is 0 Å². The number of sulfonamides is 1. The van der Waals surface area contributed by atoms with Gasteiger partial charge in [0.25, 0.3) is 15.0 Å². The van der Waals surface area contributed by atoms with E-state index in [2.05, 4.69) is 78.9 Å². The first-order valence-corrected chi connectivity index (χ1v) is 16.6. The molecule has 3 aromatic carbocycles. The number of benzene rings is 3. The molecule has 0 amide bonds. The highest BCUT2D eigenvalue weighted by Gasteiger charge is 2.48. The van der Waals surface area contributed by atoms with Crippen molar-refractivity contribution in [2.75, 3.05) is 11.4 Å². The number of nitrogens with zero attached hydrogens (tertiary/aromatic N) is 4. The second-order valence-corrected chi connectivity index (χ2v) is 14.3. The van der Waals surface area contributed by atoms with Crippen molar-refractivity contribution in [1.29, 1.82) is 0 Å². The summed E-state index contributed by atoms with van der Waals surface area (Å²) in [6.45, 7) is 1.82. The Morgan fingerprint density at radius 1 is 0.951 bits per heavy atom. The fourth-order valence-electron chi connectivity index (χ4n) is 6.79. The predicted octanol–water partition coefficient (Wildman–Crippen LogP) is 1.91. The van der Waals surface area contributed by atoms with Crippen molar-refractivity contribution in [3.63, 3.8) is 0 Å². The van der Waals surface area contributed by atoms with E-state index in [4.69, 9.17) is 0 Å². The Kier molecular flexibility index (Phi) is 5.95. The highest BCUT2D eigenvalue weighted by atomic mass is 127. The maximum absolute atomic E-state index is 12.9. The van der Waals surface area contributed by atoms with Crippen LogP contribution in [0.2, 0.25) is 0 Å². The van der Waals surface area contributed by atoms with E-state index >= 15 is 0 Å². The quantitative estimate of drug-likeness (QED) is 0.241. The summed E-state index contributed by atoms with van der Waals surface area (Å²) in [6.07, 6.45) is 4.29. The van der Waals surface area contributed by atoms with Crippen LogP contribution >= 0.6 is 23.1 Å². The number of halogens is 1. The first kappa shape index (κ1) is 26.0. The van der Waals surface area contributed by atoms with Gasteiger partial charge in [-0.25, -0.2) is 5.01 Å². The monoisotopic (exact) mass is 709 g/mol. The molecule has 2 atom stereocenters. The first-order chi connectivity index (χ1) is 19.6. The second-order valence-electron chi connectivity index (χ2n) is 10.6. The standard InChI is InChI=1S/C30H24N5O2S3.HI/c36-40(37)27-12-6-1-7-18(27)28(32-40)31-35-21-13-15-33-23-8-2-4-10-25(23)38-29(33)19(21)17-20-22(35)14-16-34-24-9-3-5-11-26(24)39-30(20)34;/h1-12,17,21-22H,13-16H2,(H,31,32);1H/q+1;/p-1. The van der Waals surface area contributed by atoms with E-state index in [1.165, 1.54) is 42.0 Å². The average Bonchev–Trinajstić information content (AvgIpc) is 3.63. The number of hydrogen-bond acceptors (Lipinski definition) is 7. The molecule has 2 unspecified atom stereocenters. The van der Waals surface area contributed by atoms with E-state index in [1.807, 2.05) is 35.2 Å². The van der Waals surface area contributed by atoms with E-state index in [9.17, 15) is 8.42 Å². The summed E-state index contributed by atoms with van der Waals surface area (Å²) in [5, 5.41) is 4.87. The van der Waals surface area contributed by atoms with E-state index in [0.717, 1.165) is 25.9 Å². The van der Waals surface area contributed by atoms with Crippen molar-refractivity contribution in [2.45, 2.75) is 41.3 Å². The molecule has 0 saturated heterocycles. The molecule has 11 heteroatoms. The third-order valence-corrected chi connectivity index (χ3v) is 12.3. The summed E-state index contributed by atoms with van der Waals surface area (Å²) in [7, 11) is -3.72. The number of fused-ring (bicyclic) bond motifs is 10. The summed E-state index contributed by atoms with van der Waals surface area (Å²) < 4.78 is 33.8. The summed E-state index contributed by atoms with van der Waals surface area (Å²) in [5.41, 5.74) is 9.34. The number of rotatable bonds is 1. The minimum absolute atomic E-state index is 0. The molecule has 0 fully saturated rings. The lowest BCUT2D eigenvalue weighted by atomic mass is 9.86. The molecule has 9 rings (SSSR count). The Morgan fingerprint density at radius 3 is 2.68 bits per heavy atom. The number of aromatic nitrogens is 1. The molecular formula is C30H24IN5O2S3. The lowest BCUT2D eigenvalue weighted by Gasteiger charge is -2.46. The molecule has 0 aliphatic carbocycles. The van der Waals surface area contributed by atoms with Crippen LogP contribution in [0.15, 0.2) is 104 Å². The molecule has 0 radical (unpaired) electrons. The number of amidine groups is 1. The summed E-state index contributed by atoms with van der Waals surface area (Å²) in [4.78, 5) is 4.01. The van der Waals surface area contributed by atoms with Crippen LogP contribution in [0, 0.1) is 0 Å². The maximum atomic E-state index is 12.9. The number of para-hydroxylation sites is 2. The van der Waals surface area contributed by atoms with Crippen molar-refractivity contribution >= 4 is 60.4 Å². The average molecular weight is 710 g/mol. The molecule has 5 aliphatic heterocycles. The second kappa shape index (κ2) is 9.40. The van der Waals surface area contributed by atoms with Gasteiger partial charge in [-0.2, -0.15) is 13.0 Å². The highest BCUT2D eigenvalue weighted by molar-refractivity contribution is 8.03. The van der Waals surface area contributed by atoms with Gasteiger partial charge in [0.05, 0.1) is 28.4 Å². The van der Waals surface area contributed by atoms with Crippen molar-refractivity contribution in [1.82, 2.24) is 10.4 Å². The van der Waals surface area contributed by atoms with Gasteiger partial charge in [-0.05, 0) is 42.8 Å².